The zero-order valence-electron chi connectivity index (χ0n) is 9.87. The minimum atomic E-state index is -0.320. The zero-order chi connectivity index (χ0) is 12.6. The molecule has 0 atom stereocenters. The highest BCUT2D eigenvalue weighted by atomic mass is 16.5. The molecular formula is C13H12O4. The van der Waals surface area contributed by atoms with E-state index in [1.54, 1.807) is 18.2 Å². The average Bonchev–Trinajstić information content (AvgIpc) is 2.33. The first-order chi connectivity index (χ1) is 8.10. The minimum absolute atomic E-state index is 0.0319. The Morgan fingerprint density at radius 3 is 1.94 bits per heavy atom. The third-order valence-electron chi connectivity index (χ3n) is 2.69. The molecule has 1 aliphatic rings. The molecule has 0 amide bonds. The summed E-state index contributed by atoms with van der Waals surface area (Å²) in [4.78, 5) is 24.2. The Hall–Kier alpha value is -2.10. The standard InChI is InChI=1S/C13H12O4/c1-7-4-5-8-9(6-7)11(15)13(17-3)12(16-2)10(8)14/h4-6H,1-3H3. The number of benzene rings is 1. The molecule has 4 nitrogen and oxygen atoms in total. The van der Waals surface area contributed by atoms with Crippen molar-refractivity contribution in [3.05, 3.63) is 46.4 Å². The molecule has 2 rings (SSSR count). The van der Waals surface area contributed by atoms with Crippen LogP contribution in [0.3, 0.4) is 0 Å². The Morgan fingerprint density at radius 1 is 0.882 bits per heavy atom. The van der Waals surface area contributed by atoms with E-state index in [1.807, 2.05) is 6.92 Å². The van der Waals surface area contributed by atoms with Gasteiger partial charge in [0.25, 0.3) is 0 Å². The molecule has 0 heterocycles. The van der Waals surface area contributed by atoms with Crippen LogP contribution in [0.1, 0.15) is 26.3 Å². The highest BCUT2D eigenvalue weighted by Crippen LogP contribution is 2.27. The van der Waals surface area contributed by atoms with Crippen LogP contribution in [0.15, 0.2) is 29.7 Å². The summed E-state index contributed by atoms with van der Waals surface area (Å²) in [5, 5.41) is 0. The predicted molar refractivity (Wildman–Crippen MR) is 60.9 cm³/mol. The maximum Gasteiger partial charge on any atom is 0.232 e. The number of carbonyl (C=O) groups is 2. The molecule has 1 aromatic rings. The van der Waals surface area contributed by atoms with Gasteiger partial charge in [-0.1, -0.05) is 11.6 Å². The normalized spacial score (nSPS) is 14.8. The molecule has 88 valence electrons. The molecule has 1 aromatic carbocycles. The summed E-state index contributed by atoms with van der Waals surface area (Å²) in [5.41, 5.74) is 1.65. The molecule has 17 heavy (non-hydrogen) atoms. The van der Waals surface area contributed by atoms with Crippen LogP contribution >= 0.6 is 0 Å². The number of hydrogen-bond acceptors (Lipinski definition) is 4. The summed E-state index contributed by atoms with van der Waals surface area (Å²) in [5.74, 6) is -0.703. The quantitative estimate of drug-likeness (QED) is 0.781. The van der Waals surface area contributed by atoms with Gasteiger partial charge in [-0.25, -0.2) is 0 Å². The second kappa shape index (κ2) is 4.05. The third-order valence-corrected chi connectivity index (χ3v) is 2.69. The topological polar surface area (TPSA) is 52.6 Å². The van der Waals surface area contributed by atoms with Gasteiger partial charge in [-0.15, -0.1) is 0 Å². The van der Waals surface area contributed by atoms with Crippen molar-refractivity contribution in [3.63, 3.8) is 0 Å². The second-order valence-corrected chi connectivity index (χ2v) is 3.77. The fourth-order valence-electron chi connectivity index (χ4n) is 1.87. The van der Waals surface area contributed by atoms with Crippen LogP contribution in [0.4, 0.5) is 0 Å². The van der Waals surface area contributed by atoms with Gasteiger partial charge < -0.3 is 9.47 Å². The van der Waals surface area contributed by atoms with Crippen LogP contribution in [-0.2, 0) is 9.47 Å². The molecule has 0 fully saturated rings. The van der Waals surface area contributed by atoms with E-state index >= 15 is 0 Å². The van der Waals surface area contributed by atoms with Crippen LogP contribution in [0, 0.1) is 6.92 Å². The SMILES string of the molecule is COC1=C(OC)C(=O)c2cc(C)ccc2C1=O. The molecule has 0 radical (unpaired) electrons. The number of carbonyl (C=O) groups excluding carboxylic acids is 2. The average molecular weight is 232 g/mol. The monoisotopic (exact) mass is 232 g/mol. The fraction of sp³-hybridized carbons (Fsp3) is 0.231. The molecule has 0 bridgehead atoms. The summed E-state index contributed by atoms with van der Waals surface area (Å²) in [6.07, 6.45) is 0. The van der Waals surface area contributed by atoms with E-state index in [0.717, 1.165) is 5.56 Å². The molecule has 0 saturated heterocycles. The van der Waals surface area contributed by atoms with Crippen LogP contribution in [-0.4, -0.2) is 25.8 Å². The highest BCUT2D eigenvalue weighted by Gasteiger charge is 2.34. The fourth-order valence-corrected chi connectivity index (χ4v) is 1.87. The number of methoxy groups -OCH3 is 2. The first-order valence-electron chi connectivity index (χ1n) is 5.12. The number of ether oxygens (including phenoxy) is 2. The van der Waals surface area contributed by atoms with Crippen molar-refractivity contribution >= 4 is 11.6 Å². The van der Waals surface area contributed by atoms with E-state index in [9.17, 15) is 9.59 Å². The lowest BCUT2D eigenvalue weighted by Crippen LogP contribution is -2.24. The predicted octanol–water partition coefficient (Wildman–Crippen LogP) is 1.88. The maximum absolute atomic E-state index is 12.1. The van der Waals surface area contributed by atoms with E-state index < -0.39 is 0 Å². The third kappa shape index (κ3) is 1.62. The van der Waals surface area contributed by atoms with Crippen molar-refractivity contribution in [1.29, 1.82) is 0 Å². The van der Waals surface area contributed by atoms with Crippen molar-refractivity contribution in [2.24, 2.45) is 0 Å². The van der Waals surface area contributed by atoms with Gasteiger partial charge in [0.2, 0.25) is 23.1 Å². The van der Waals surface area contributed by atoms with E-state index in [0.29, 0.717) is 11.1 Å². The summed E-state index contributed by atoms with van der Waals surface area (Å²) in [6, 6.07) is 5.10. The molecule has 0 saturated carbocycles. The smallest absolute Gasteiger partial charge is 0.232 e. The van der Waals surface area contributed by atoms with Crippen molar-refractivity contribution in [3.8, 4) is 0 Å². The number of hydrogen-bond donors (Lipinski definition) is 0. The van der Waals surface area contributed by atoms with Crippen molar-refractivity contribution in [2.45, 2.75) is 6.92 Å². The van der Waals surface area contributed by atoms with Gasteiger partial charge in [0, 0.05) is 11.1 Å². The lowest BCUT2D eigenvalue weighted by molar-refractivity contribution is 0.0829. The molecule has 1 aliphatic carbocycles. The Morgan fingerprint density at radius 2 is 1.41 bits per heavy atom. The lowest BCUT2D eigenvalue weighted by Gasteiger charge is -2.18. The summed E-state index contributed by atoms with van der Waals surface area (Å²) in [6.45, 7) is 1.86. The Balaban J connectivity index is 2.68. The molecule has 4 heteroatoms. The molecular weight excluding hydrogens is 220 g/mol. The Labute approximate surface area is 98.8 Å². The van der Waals surface area contributed by atoms with Gasteiger partial charge in [-0.05, 0) is 19.1 Å². The number of Topliss-reactive ketones (excluding diaryl/α,β-unsaturated/α-hetero) is 2. The van der Waals surface area contributed by atoms with Crippen molar-refractivity contribution in [2.75, 3.05) is 14.2 Å². The highest BCUT2D eigenvalue weighted by molar-refractivity contribution is 6.25. The van der Waals surface area contributed by atoms with Crippen LogP contribution in [0.2, 0.25) is 0 Å². The van der Waals surface area contributed by atoms with Gasteiger partial charge >= 0.3 is 0 Å². The summed E-state index contributed by atoms with van der Waals surface area (Å²) >= 11 is 0. The van der Waals surface area contributed by atoms with Gasteiger partial charge in [-0.3, -0.25) is 9.59 Å². The number of rotatable bonds is 2. The largest absolute Gasteiger partial charge is 0.489 e. The zero-order valence-corrected chi connectivity index (χ0v) is 9.87. The summed E-state index contributed by atoms with van der Waals surface area (Å²) < 4.78 is 9.91. The molecule has 0 aliphatic heterocycles. The van der Waals surface area contributed by atoms with Gasteiger partial charge in [0.1, 0.15) is 0 Å². The van der Waals surface area contributed by atoms with Crippen LogP contribution in [0.5, 0.6) is 0 Å². The molecule has 0 N–H and O–H groups in total. The Bertz CT molecular complexity index is 540. The number of aryl methyl sites for hydroxylation is 1. The van der Waals surface area contributed by atoms with Crippen LogP contribution < -0.4 is 0 Å². The van der Waals surface area contributed by atoms with E-state index in [1.165, 1.54) is 14.2 Å². The van der Waals surface area contributed by atoms with Crippen molar-refractivity contribution in [1.82, 2.24) is 0 Å². The molecule has 0 aromatic heterocycles. The maximum atomic E-state index is 12.1. The minimum Gasteiger partial charge on any atom is -0.489 e. The van der Waals surface area contributed by atoms with E-state index in [4.69, 9.17) is 9.47 Å². The lowest BCUT2D eigenvalue weighted by atomic mass is 9.91. The van der Waals surface area contributed by atoms with Gasteiger partial charge in [0.05, 0.1) is 14.2 Å². The summed E-state index contributed by atoms with van der Waals surface area (Å²) in [7, 11) is 2.69. The first-order valence-corrected chi connectivity index (χ1v) is 5.12. The number of allylic oxidation sites excluding steroid dienone is 2. The molecule has 0 unspecified atom stereocenters. The number of fused-ring (bicyclic) bond motifs is 1. The second-order valence-electron chi connectivity index (χ2n) is 3.77. The molecule has 0 spiro atoms. The Kier molecular flexibility index (Phi) is 2.71. The van der Waals surface area contributed by atoms with Gasteiger partial charge in [-0.2, -0.15) is 0 Å². The van der Waals surface area contributed by atoms with E-state index in [2.05, 4.69) is 0 Å². The number of ketones is 2. The van der Waals surface area contributed by atoms with Crippen molar-refractivity contribution < 1.29 is 19.1 Å². The van der Waals surface area contributed by atoms with Gasteiger partial charge in [0.15, 0.2) is 0 Å². The first kappa shape index (κ1) is 11.4. The van der Waals surface area contributed by atoms with Crippen LogP contribution in [0.25, 0.3) is 0 Å². The van der Waals surface area contributed by atoms with E-state index in [-0.39, 0.29) is 23.1 Å².